The summed E-state index contributed by atoms with van der Waals surface area (Å²) in [6.07, 6.45) is 2.43. The summed E-state index contributed by atoms with van der Waals surface area (Å²) < 4.78 is 5.40. The number of benzene rings is 1. The van der Waals surface area contributed by atoms with E-state index < -0.39 is 5.91 Å². The quantitative estimate of drug-likeness (QED) is 0.413. The van der Waals surface area contributed by atoms with Crippen molar-refractivity contribution in [2.24, 2.45) is 0 Å². The van der Waals surface area contributed by atoms with E-state index in [1.165, 1.54) is 6.20 Å². The molecule has 0 aliphatic heterocycles. The van der Waals surface area contributed by atoms with Gasteiger partial charge >= 0.3 is 0 Å². The molecule has 0 bridgehead atoms. The van der Waals surface area contributed by atoms with E-state index in [4.69, 9.17) is 21.6 Å². The first kappa shape index (κ1) is 19.0. The minimum absolute atomic E-state index is 0.0295. The summed E-state index contributed by atoms with van der Waals surface area (Å²) in [6.45, 7) is 5.50. The molecule has 0 saturated carbocycles. The van der Waals surface area contributed by atoms with Crippen LogP contribution in [0.5, 0.6) is 0 Å². The van der Waals surface area contributed by atoms with Gasteiger partial charge in [-0.3, -0.25) is 4.79 Å². The summed E-state index contributed by atoms with van der Waals surface area (Å²) in [5, 5.41) is 15.3. The maximum Gasteiger partial charge on any atom is 0.263 e. The number of ether oxygens (including phenoxy) is 1. The molecule has 6 heteroatoms. The Balaban J connectivity index is 2.38. The average molecular weight is 336 g/mol. The van der Waals surface area contributed by atoms with E-state index in [0.29, 0.717) is 18.2 Å². The lowest BCUT2D eigenvalue weighted by Gasteiger charge is -2.08. The molecule has 2 N–H and O–H groups in total. The zero-order valence-corrected chi connectivity index (χ0v) is 14.2. The molecule has 0 aliphatic carbocycles. The fraction of sp³-hybridized carbons (Fsp3) is 0.412. The molecule has 0 atom stereocenters. The van der Waals surface area contributed by atoms with Crippen LogP contribution in [0.4, 0.5) is 0 Å². The van der Waals surface area contributed by atoms with Gasteiger partial charge in [-0.15, -0.1) is 0 Å². The molecule has 1 aromatic rings. The van der Waals surface area contributed by atoms with E-state index in [2.05, 4.69) is 10.6 Å². The molecule has 0 unspecified atom stereocenters. The molecule has 124 valence electrons. The highest BCUT2D eigenvalue weighted by atomic mass is 35.5. The van der Waals surface area contributed by atoms with Gasteiger partial charge in [0.25, 0.3) is 5.91 Å². The van der Waals surface area contributed by atoms with E-state index in [0.717, 1.165) is 12.0 Å². The van der Waals surface area contributed by atoms with Crippen molar-refractivity contribution < 1.29 is 9.53 Å². The number of hydrogen-bond acceptors (Lipinski definition) is 4. The van der Waals surface area contributed by atoms with Gasteiger partial charge in [0.2, 0.25) is 0 Å². The molecular weight excluding hydrogens is 314 g/mol. The van der Waals surface area contributed by atoms with Gasteiger partial charge in [-0.1, -0.05) is 29.8 Å². The van der Waals surface area contributed by atoms with Crippen LogP contribution in [0.2, 0.25) is 5.02 Å². The fourth-order valence-electron chi connectivity index (χ4n) is 1.73. The topological polar surface area (TPSA) is 74.1 Å². The Labute approximate surface area is 142 Å². The zero-order chi connectivity index (χ0) is 17.1. The van der Waals surface area contributed by atoms with Crippen LogP contribution in [0.15, 0.2) is 36.0 Å². The van der Waals surface area contributed by atoms with Crippen molar-refractivity contribution in [3.8, 4) is 6.07 Å². The van der Waals surface area contributed by atoms with Crippen LogP contribution in [0.3, 0.4) is 0 Å². The van der Waals surface area contributed by atoms with Crippen LogP contribution in [-0.2, 0) is 16.1 Å². The number of nitriles is 1. The van der Waals surface area contributed by atoms with Crippen molar-refractivity contribution in [3.63, 3.8) is 0 Å². The standard InChI is InChI=1S/C17H22ClN3O2/c1-13(2)23-9-5-8-20-11-15(10-19)17(22)21-12-14-6-3-4-7-16(14)18/h3-4,6-7,11,13,20H,5,8-9,12H2,1-2H3,(H,21,22)/b15-11-. The second kappa shape index (κ2) is 10.7. The van der Waals surface area contributed by atoms with Gasteiger partial charge in [0.05, 0.1) is 6.10 Å². The molecule has 5 nitrogen and oxygen atoms in total. The third-order valence-corrected chi connectivity index (χ3v) is 3.29. The van der Waals surface area contributed by atoms with Crippen molar-refractivity contribution in [2.75, 3.05) is 13.2 Å². The Kier molecular flexibility index (Phi) is 8.81. The van der Waals surface area contributed by atoms with Crippen molar-refractivity contribution in [1.29, 1.82) is 5.26 Å². The SMILES string of the molecule is CC(C)OCCCN/C=C(/C#N)C(=O)NCc1ccccc1Cl. The molecule has 0 radical (unpaired) electrons. The Morgan fingerprint density at radius 1 is 1.43 bits per heavy atom. The third kappa shape index (κ3) is 7.68. The molecule has 23 heavy (non-hydrogen) atoms. The van der Waals surface area contributed by atoms with Crippen LogP contribution >= 0.6 is 11.6 Å². The fourth-order valence-corrected chi connectivity index (χ4v) is 1.93. The van der Waals surface area contributed by atoms with Gasteiger partial charge in [-0.05, 0) is 31.9 Å². The maximum atomic E-state index is 12.0. The van der Waals surface area contributed by atoms with Crippen molar-refractivity contribution in [3.05, 3.63) is 46.6 Å². The predicted octanol–water partition coefficient (Wildman–Crippen LogP) is 2.77. The summed E-state index contributed by atoms with van der Waals surface area (Å²) >= 11 is 6.02. The minimum Gasteiger partial charge on any atom is -0.390 e. The average Bonchev–Trinajstić information content (AvgIpc) is 2.53. The van der Waals surface area contributed by atoms with Crippen molar-refractivity contribution >= 4 is 17.5 Å². The lowest BCUT2D eigenvalue weighted by molar-refractivity contribution is -0.117. The number of nitrogens with zero attached hydrogens (tertiary/aromatic N) is 1. The van der Waals surface area contributed by atoms with E-state index in [1.807, 2.05) is 38.1 Å². The van der Waals surface area contributed by atoms with Crippen molar-refractivity contribution in [1.82, 2.24) is 10.6 Å². The van der Waals surface area contributed by atoms with Gasteiger partial charge in [0.1, 0.15) is 11.6 Å². The monoisotopic (exact) mass is 335 g/mol. The smallest absolute Gasteiger partial charge is 0.263 e. The molecule has 1 amide bonds. The first-order chi connectivity index (χ1) is 11.0. The number of amides is 1. The highest BCUT2D eigenvalue weighted by molar-refractivity contribution is 6.31. The van der Waals surface area contributed by atoms with Crippen molar-refractivity contribution in [2.45, 2.75) is 32.9 Å². The van der Waals surface area contributed by atoms with Gasteiger partial charge in [-0.25, -0.2) is 0 Å². The van der Waals surface area contributed by atoms with Gasteiger partial charge in [0, 0.05) is 30.9 Å². The third-order valence-electron chi connectivity index (χ3n) is 2.93. The minimum atomic E-state index is -0.432. The lowest BCUT2D eigenvalue weighted by atomic mass is 10.2. The van der Waals surface area contributed by atoms with Gasteiger partial charge in [0.15, 0.2) is 0 Å². The lowest BCUT2D eigenvalue weighted by Crippen LogP contribution is -2.25. The second-order valence-corrected chi connectivity index (χ2v) is 5.58. The number of carbonyl (C=O) groups excluding carboxylic acids is 1. The zero-order valence-electron chi connectivity index (χ0n) is 13.4. The van der Waals surface area contributed by atoms with E-state index in [-0.39, 0.29) is 18.2 Å². The molecule has 1 rings (SSSR count). The summed E-state index contributed by atoms with van der Waals surface area (Å²) in [5.74, 6) is -0.432. The molecular formula is C17H22ClN3O2. The van der Waals surface area contributed by atoms with Crippen LogP contribution in [-0.4, -0.2) is 25.2 Å². The van der Waals surface area contributed by atoms with Crippen LogP contribution < -0.4 is 10.6 Å². The van der Waals surface area contributed by atoms with E-state index >= 15 is 0 Å². The van der Waals surface area contributed by atoms with Crippen LogP contribution in [0.1, 0.15) is 25.8 Å². The molecule has 0 spiro atoms. The Morgan fingerprint density at radius 3 is 2.83 bits per heavy atom. The van der Waals surface area contributed by atoms with Crippen LogP contribution in [0.25, 0.3) is 0 Å². The highest BCUT2D eigenvalue weighted by Crippen LogP contribution is 2.14. The van der Waals surface area contributed by atoms with Gasteiger partial charge in [-0.2, -0.15) is 5.26 Å². The Morgan fingerprint density at radius 2 is 2.17 bits per heavy atom. The normalized spacial score (nSPS) is 11.2. The summed E-state index contributed by atoms with van der Waals surface area (Å²) in [4.78, 5) is 12.0. The summed E-state index contributed by atoms with van der Waals surface area (Å²) in [6, 6.07) is 9.13. The Hall–Kier alpha value is -2.03. The number of carbonyl (C=O) groups is 1. The summed E-state index contributed by atoms with van der Waals surface area (Å²) in [5.41, 5.74) is 0.834. The van der Waals surface area contributed by atoms with Gasteiger partial charge < -0.3 is 15.4 Å². The molecule has 0 fully saturated rings. The predicted molar refractivity (Wildman–Crippen MR) is 90.7 cm³/mol. The molecule has 1 aromatic carbocycles. The molecule has 0 heterocycles. The first-order valence-corrected chi connectivity index (χ1v) is 7.89. The maximum absolute atomic E-state index is 12.0. The van der Waals surface area contributed by atoms with E-state index in [1.54, 1.807) is 6.07 Å². The number of halogens is 1. The second-order valence-electron chi connectivity index (χ2n) is 5.17. The van der Waals surface area contributed by atoms with E-state index in [9.17, 15) is 4.79 Å². The molecule has 0 saturated heterocycles. The number of nitrogens with one attached hydrogen (secondary N) is 2. The summed E-state index contributed by atoms with van der Waals surface area (Å²) in [7, 11) is 0. The number of rotatable bonds is 9. The Bertz CT molecular complexity index is 579. The highest BCUT2D eigenvalue weighted by Gasteiger charge is 2.09. The van der Waals surface area contributed by atoms with Crippen LogP contribution in [0, 0.1) is 11.3 Å². The first-order valence-electron chi connectivity index (χ1n) is 7.51. The largest absolute Gasteiger partial charge is 0.390 e. The number of hydrogen-bond donors (Lipinski definition) is 2. The molecule has 0 aromatic heterocycles. The molecule has 0 aliphatic rings.